The number of hydrogen-bond donors (Lipinski definition) is 1. The number of nitrogens with zero attached hydrogens (tertiary/aromatic N) is 3. The number of amides is 2. The van der Waals surface area contributed by atoms with E-state index in [1.807, 2.05) is 20.8 Å². The summed E-state index contributed by atoms with van der Waals surface area (Å²) in [5.74, 6) is -1.15. The van der Waals surface area contributed by atoms with Crippen molar-refractivity contribution in [2.45, 2.75) is 32.4 Å². The molecule has 0 spiro atoms. The van der Waals surface area contributed by atoms with Crippen molar-refractivity contribution < 1.29 is 23.5 Å². The molecule has 2 aliphatic heterocycles. The van der Waals surface area contributed by atoms with Crippen LogP contribution in [-0.2, 0) is 4.79 Å². The van der Waals surface area contributed by atoms with Gasteiger partial charge >= 0.3 is 0 Å². The van der Waals surface area contributed by atoms with Crippen LogP contribution in [0.3, 0.4) is 0 Å². The quantitative estimate of drug-likeness (QED) is 0.383. The zero-order chi connectivity index (χ0) is 29.8. The molecule has 3 aromatic carbocycles. The van der Waals surface area contributed by atoms with Gasteiger partial charge in [-0.15, -0.1) is 0 Å². The summed E-state index contributed by atoms with van der Waals surface area (Å²) in [7, 11) is 3.19. The number of hydrazone groups is 1. The standard InChI is InChI=1S/C30H29Cl2FN4O4/c1-30(2,3)36(4)29(39)26-22-14-41-25-13-24(40-5)20(19-8-15(28(34)38)6-7-23(19)33)12-21(25)27(22)37(35-26)18-10-16(31)9-17(32)11-18/h6-13,22,27H,14H2,1-5H3,(H2,34,38). The van der Waals surface area contributed by atoms with Gasteiger partial charge < -0.3 is 20.1 Å². The molecule has 0 radical (unpaired) electrons. The van der Waals surface area contributed by atoms with Crippen LogP contribution in [0.5, 0.6) is 11.5 Å². The third kappa shape index (κ3) is 5.20. The number of primary amides is 1. The molecule has 2 amide bonds. The molecule has 2 heterocycles. The van der Waals surface area contributed by atoms with Crippen molar-refractivity contribution in [1.82, 2.24) is 4.90 Å². The van der Waals surface area contributed by atoms with E-state index in [4.69, 9.17) is 43.5 Å². The number of hydrogen-bond acceptors (Lipinski definition) is 6. The Morgan fingerprint density at radius 1 is 1.10 bits per heavy atom. The summed E-state index contributed by atoms with van der Waals surface area (Å²) in [5.41, 5.74) is 7.20. The fourth-order valence-corrected chi connectivity index (χ4v) is 5.55. The number of carbonyl (C=O) groups excluding carboxylic acids is 2. The van der Waals surface area contributed by atoms with E-state index in [9.17, 15) is 9.59 Å². The highest BCUT2D eigenvalue weighted by Gasteiger charge is 2.48. The molecule has 2 unspecified atom stereocenters. The first-order valence-electron chi connectivity index (χ1n) is 12.9. The number of benzene rings is 3. The fourth-order valence-electron chi connectivity index (χ4n) is 5.04. The van der Waals surface area contributed by atoms with E-state index < -0.39 is 29.2 Å². The normalized spacial score (nSPS) is 17.8. The Balaban J connectivity index is 1.71. The molecule has 214 valence electrons. The Hall–Kier alpha value is -3.82. The molecule has 8 nitrogen and oxygen atoms in total. The molecular weight excluding hydrogens is 570 g/mol. The number of carbonyl (C=O) groups is 2. The van der Waals surface area contributed by atoms with Gasteiger partial charge in [0.1, 0.15) is 23.0 Å². The first-order chi connectivity index (χ1) is 19.3. The van der Waals surface area contributed by atoms with Crippen LogP contribution >= 0.6 is 23.2 Å². The van der Waals surface area contributed by atoms with Gasteiger partial charge in [-0.2, -0.15) is 5.10 Å². The van der Waals surface area contributed by atoms with E-state index in [0.29, 0.717) is 44.1 Å². The molecule has 0 aliphatic carbocycles. The van der Waals surface area contributed by atoms with Crippen molar-refractivity contribution in [2.24, 2.45) is 16.8 Å². The fraction of sp³-hybridized carbons (Fsp3) is 0.300. The van der Waals surface area contributed by atoms with Crippen molar-refractivity contribution in [3.05, 3.63) is 75.5 Å². The van der Waals surface area contributed by atoms with Gasteiger partial charge in [-0.25, -0.2) is 4.39 Å². The summed E-state index contributed by atoms with van der Waals surface area (Å²) < 4.78 is 26.9. The second-order valence-corrected chi connectivity index (χ2v) is 11.9. The number of ether oxygens (including phenoxy) is 2. The third-order valence-electron chi connectivity index (χ3n) is 7.46. The van der Waals surface area contributed by atoms with Crippen LogP contribution in [0.2, 0.25) is 10.0 Å². The predicted molar refractivity (Wildman–Crippen MR) is 158 cm³/mol. The number of fused-ring (bicyclic) bond motifs is 3. The summed E-state index contributed by atoms with van der Waals surface area (Å²) in [6, 6.07) is 11.8. The lowest BCUT2D eigenvalue weighted by Gasteiger charge is -2.36. The summed E-state index contributed by atoms with van der Waals surface area (Å²) >= 11 is 12.7. The van der Waals surface area contributed by atoms with Gasteiger partial charge in [-0.3, -0.25) is 14.6 Å². The average Bonchev–Trinajstić information content (AvgIpc) is 3.31. The topological polar surface area (TPSA) is 97.5 Å². The zero-order valence-electron chi connectivity index (χ0n) is 23.2. The highest BCUT2D eigenvalue weighted by molar-refractivity contribution is 6.41. The Morgan fingerprint density at radius 3 is 2.39 bits per heavy atom. The Bertz CT molecular complexity index is 1580. The van der Waals surface area contributed by atoms with Crippen LogP contribution in [0, 0.1) is 11.7 Å². The SMILES string of the molecule is COc1cc2c(cc1-c1cc(C(N)=O)ccc1F)C1C(CO2)C(C(=O)N(C)C(C)(C)C)=NN1c1cc(Cl)cc(Cl)c1. The van der Waals surface area contributed by atoms with E-state index in [-0.39, 0.29) is 23.6 Å². The van der Waals surface area contributed by atoms with Crippen LogP contribution in [0.4, 0.5) is 10.1 Å². The largest absolute Gasteiger partial charge is 0.496 e. The smallest absolute Gasteiger partial charge is 0.270 e. The molecule has 0 fully saturated rings. The first-order valence-corrected chi connectivity index (χ1v) is 13.6. The maximum atomic E-state index is 15.2. The number of nitrogens with two attached hydrogens (primary N) is 1. The van der Waals surface area contributed by atoms with E-state index in [1.54, 1.807) is 47.3 Å². The highest BCUT2D eigenvalue weighted by atomic mass is 35.5. The maximum absolute atomic E-state index is 15.2. The lowest BCUT2D eigenvalue weighted by atomic mass is 9.85. The highest BCUT2D eigenvalue weighted by Crippen LogP contribution is 2.50. The Morgan fingerprint density at radius 2 is 1.78 bits per heavy atom. The summed E-state index contributed by atoms with van der Waals surface area (Å²) in [4.78, 5) is 27.3. The third-order valence-corrected chi connectivity index (χ3v) is 7.90. The molecule has 0 aromatic heterocycles. The Labute approximate surface area is 247 Å². The molecule has 3 aromatic rings. The molecule has 11 heteroatoms. The molecule has 0 saturated carbocycles. The van der Waals surface area contributed by atoms with Crippen LogP contribution in [0.25, 0.3) is 11.1 Å². The van der Waals surface area contributed by atoms with Gasteiger partial charge in [0.15, 0.2) is 0 Å². The summed E-state index contributed by atoms with van der Waals surface area (Å²) in [6.07, 6.45) is 0. The average molecular weight is 599 g/mol. The molecule has 41 heavy (non-hydrogen) atoms. The molecule has 2 N–H and O–H groups in total. The number of rotatable bonds is 5. The summed E-state index contributed by atoms with van der Waals surface area (Å²) in [6.45, 7) is 5.98. The number of methoxy groups -OCH3 is 1. The van der Waals surface area contributed by atoms with Crippen molar-refractivity contribution in [3.8, 4) is 22.6 Å². The van der Waals surface area contributed by atoms with Crippen molar-refractivity contribution in [3.63, 3.8) is 0 Å². The minimum absolute atomic E-state index is 0.128. The van der Waals surface area contributed by atoms with E-state index >= 15 is 4.39 Å². The molecule has 2 aliphatic rings. The zero-order valence-corrected chi connectivity index (χ0v) is 24.7. The van der Waals surface area contributed by atoms with Crippen LogP contribution in [-0.4, -0.2) is 48.7 Å². The first kappa shape index (κ1) is 28.7. The van der Waals surface area contributed by atoms with Gasteiger partial charge in [0.25, 0.3) is 5.91 Å². The van der Waals surface area contributed by atoms with E-state index in [0.717, 1.165) is 0 Å². The van der Waals surface area contributed by atoms with Crippen molar-refractivity contribution >= 4 is 46.4 Å². The van der Waals surface area contributed by atoms with Crippen molar-refractivity contribution in [2.75, 3.05) is 25.8 Å². The molecular formula is C30H29Cl2FN4O4. The van der Waals surface area contributed by atoms with Crippen molar-refractivity contribution in [1.29, 1.82) is 0 Å². The molecule has 0 saturated heterocycles. The summed E-state index contributed by atoms with van der Waals surface area (Å²) in [5, 5.41) is 7.33. The van der Waals surface area contributed by atoms with Crippen LogP contribution in [0.15, 0.2) is 53.6 Å². The van der Waals surface area contributed by atoms with Gasteiger partial charge in [0.2, 0.25) is 5.91 Å². The molecule has 2 atom stereocenters. The monoisotopic (exact) mass is 598 g/mol. The van der Waals surface area contributed by atoms with E-state index in [2.05, 4.69) is 0 Å². The lowest BCUT2D eigenvalue weighted by molar-refractivity contribution is -0.127. The van der Waals surface area contributed by atoms with Gasteiger partial charge in [0, 0.05) is 51.0 Å². The number of anilines is 1. The molecule has 0 bridgehead atoms. The molecule has 5 rings (SSSR count). The predicted octanol–water partition coefficient (Wildman–Crippen LogP) is 6.09. The van der Waals surface area contributed by atoms with Crippen LogP contribution in [0.1, 0.15) is 42.7 Å². The second-order valence-electron chi connectivity index (χ2n) is 11.0. The minimum atomic E-state index is -0.689. The lowest BCUT2D eigenvalue weighted by Crippen LogP contribution is -2.48. The van der Waals surface area contributed by atoms with E-state index in [1.165, 1.54) is 25.3 Å². The number of halogens is 3. The van der Waals surface area contributed by atoms with Gasteiger partial charge in [-0.05, 0) is 63.2 Å². The second kappa shape index (κ2) is 10.5. The minimum Gasteiger partial charge on any atom is -0.496 e. The van der Waals surface area contributed by atoms with Gasteiger partial charge in [0.05, 0.1) is 31.4 Å². The maximum Gasteiger partial charge on any atom is 0.270 e. The van der Waals surface area contributed by atoms with Gasteiger partial charge in [-0.1, -0.05) is 23.2 Å². The Kier molecular flexibility index (Phi) is 7.38. The van der Waals surface area contributed by atoms with Crippen LogP contribution < -0.4 is 20.2 Å².